The molecule has 1 aliphatic heterocycles. The van der Waals surface area contributed by atoms with Crippen molar-refractivity contribution >= 4 is 5.91 Å². The van der Waals surface area contributed by atoms with Crippen molar-refractivity contribution in [2.45, 2.75) is 25.8 Å². The summed E-state index contributed by atoms with van der Waals surface area (Å²) in [6.45, 7) is 2.53. The van der Waals surface area contributed by atoms with Crippen LogP contribution in [0.1, 0.15) is 40.9 Å². The van der Waals surface area contributed by atoms with E-state index in [1.165, 1.54) is 0 Å². The number of aromatic nitrogens is 1. The Morgan fingerprint density at radius 2 is 2.44 bits per heavy atom. The van der Waals surface area contributed by atoms with E-state index in [2.05, 4.69) is 5.16 Å². The third kappa shape index (κ3) is 1.81. The predicted molar refractivity (Wildman–Crippen MR) is 63.0 cm³/mol. The zero-order chi connectivity index (χ0) is 12.5. The fraction of sp³-hybridized carbons (Fsp3) is 0.385. The Morgan fingerprint density at radius 1 is 1.56 bits per heavy atom. The zero-order valence-electron chi connectivity index (χ0n) is 10.1. The first-order valence-corrected chi connectivity index (χ1v) is 6.03. The molecular formula is C13H14N2O3. The maximum Gasteiger partial charge on any atom is 0.293 e. The molecule has 0 unspecified atom stereocenters. The van der Waals surface area contributed by atoms with Crippen LogP contribution in [0.4, 0.5) is 0 Å². The molecule has 1 amide bonds. The van der Waals surface area contributed by atoms with Gasteiger partial charge in [0, 0.05) is 12.6 Å². The van der Waals surface area contributed by atoms with E-state index in [4.69, 9.17) is 8.94 Å². The van der Waals surface area contributed by atoms with Crippen LogP contribution in [0.5, 0.6) is 0 Å². The molecule has 0 saturated carbocycles. The van der Waals surface area contributed by atoms with Gasteiger partial charge in [-0.15, -0.1) is 0 Å². The van der Waals surface area contributed by atoms with Crippen LogP contribution < -0.4 is 0 Å². The summed E-state index contributed by atoms with van der Waals surface area (Å²) in [5, 5.41) is 3.75. The second kappa shape index (κ2) is 4.33. The number of hydrogen-bond donors (Lipinski definition) is 0. The second-order valence-electron chi connectivity index (χ2n) is 4.50. The number of carbonyl (C=O) groups is 1. The van der Waals surface area contributed by atoms with Gasteiger partial charge in [-0.05, 0) is 31.9 Å². The highest BCUT2D eigenvalue weighted by Gasteiger charge is 2.33. The lowest BCUT2D eigenvalue weighted by atomic mass is 10.1. The van der Waals surface area contributed by atoms with Crippen LogP contribution in [-0.4, -0.2) is 22.5 Å². The van der Waals surface area contributed by atoms with Gasteiger partial charge < -0.3 is 13.8 Å². The van der Waals surface area contributed by atoms with Crippen molar-refractivity contribution in [1.82, 2.24) is 10.1 Å². The van der Waals surface area contributed by atoms with E-state index in [-0.39, 0.29) is 11.9 Å². The Morgan fingerprint density at radius 3 is 3.11 bits per heavy atom. The molecular weight excluding hydrogens is 232 g/mol. The normalized spacial score (nSPS) is 19.4. The number of rotatable bonds is 2. The molecule has 3 heterocycles. The Hall–Kier alpha value is -2.04. The fourth-order valence-corrected chi connectivity index (χ4v) is 2.39. The summed E-state index contributed by atoms with van der Waals surface area (Å²) in [4.78, 5) is 14.1. The van der Waals surface area contributed by atoms with Crippen molar-refractivity contribution in [3.8, 4) is 0 Å². The molecule has 18 heavy (non-hydrogen) atoms. The highest BCUT2D eigenvalue weighted by molar-refractivity contribution is 5.91. The van der Waals surface area contributed by atoms with Gasteiger partial charge in [-0.25, -0.2) is 0 Å². The molecule has 0 bridgehead atoms. The highest BCUT2D eigenvalue weighted by Crippen LogP contribution is 2.33. The topological polar surface area (TPSA) is 59.5 Å². The van der Waals surface area contributed by atoms with E-state index in [9.17, 15) is 4.79 Å². The Kier molecular flexibility index (Phi) is 2.66. The van der Waals surface area contributed by atoms with E-state index in [1.807, 2.05) is 12.1 Å². The van der Waals surface area contributed by atoms with Crippen LogP contribution in [0.25, 0.3) is 0 Å². The van der Waals surface area contributed by atoms with Crippen LogP contribution >= 0.6 is 0 Å². The molecule has 0 radical (unpaired) electrons. The van der Waals surface area contributed by atoms with E-state index in [0.717, 1.165) is 25.1 Å². The van der Waals surface area contributed by atoms with E-state index >= 15 is 0 Å². The lowest BCUT2D eigenvalue weighted by Gasteiger charge is -2.21. The molecule has 5 nitrogen and oxygen atoms in total. The smallest absolute Gasteiger partial charge is 0.293 e. The highest BCUT2D eigenvalue weighted by atomic mass is 16.5. The number of furan rings is 1. The van der Waals surface area contributed by atoms with Crippen molar-refractivity contribution < 1.29 is 13.7 Å². The third-order valence-electron chi connectivity index (χ3n) is 3.22. The first-order valence-electron chi connectivity index (χ1n) is 6.03. The summed E-state index contributed by atoms with van der Waals surface area (Å²) in [5.74, 6) is 1.01. The minimum atomic E-state index is -0.116. The maximum absolute atomic E-state index is 12.3. The molecule has 1 fully saturated rings. The largest absolute Gasteiger partial charge is 0.467 e. The second-order valence-corrected chi connectivity index (χ2v) is 4.50. The molecule has 0 spiro atoms. The molecule has 5 heteroatoms. The van der Waals surface area contributed by atoms with Crippen molar-refractivity contribution in [2.24, 2.45) is 0 Å². The van der Waals surface area contributed by atoms with E-state index in [1.54, 1.807) is 24.2 Å². The minimum Gasteiger partial charge on any atom is -0.467 e. The van der Waals surface area contributed by atoms with E-state index < -0.39 is 0 Å². The predicted octanol–water partition coefficient (Wildman–Crippen LogP) is 2.55. The van der Waals surface area contributed by atoms with Crippen LogP contribution in [-0.2, 0) is 0 Å². The summed E-state index contributed by atoms with van der Waals surface area (Å²) < 4.78 is 10.4. The summed E-state index contributed by atoms with van der Waals surface area (Å²) in [5.41, 5.74) is 0.715. The molecule has 94 valence electrons. The van der Waals surface area contributed by atoms with Gasteiger partial charge >= 0.3 is 0 Å². The van der Waals surface area contributed by atoms with Gasteiger partial charge in [-0.1, -0.05) is 5.16 Å². The Bertz CT molecular complexity index is 544. The number of likely N-dealkylation sites (tertiary alicyclic amines) is 1. The number of carbonyl (C=O) groups excluding carboxylic acids is 1. The number of amides is 1. The first kappa shape index (κ1) is 11.1. The number of nitrogens with zero attached hydrogens (tertiary/aromatic N) is 2. The van der Waals surface area contributed by atoms with Crippen molar-refractivity contribution in [2.75, 3.05) is 6.54 Å². The Balaban J connectivity index is 1.85. The maximum atomic E-state index is 12.3. The number of hydrogen-bond acceptors (Lipinski definition) is 4. The summed E-state index contributed by atoms with van der Waals surface area (Å²) in [7, 11) is 0. The van der Waals surface area contributed by atoms with E-state index in [0.29, 0.717) is 11.5 Å². The molecule has 1 aliphatic rings. The Labute approximate surface area is 104 Å². The first-order chi connectivity index (χ1) is 8.75. The lowest BCUT2D eigenvalue weighted by molar-refractivity contribution is 0.0677. The van der Waals surface area contributed by atoms with Crippen molar-refractivity contribution in [3.63, 3.8) is 0 Å². The average molecular weight is 246 g/mol. The van der Waals surface area contributed by atoms with Crippen LogP contribution in [0.2, 0.25) is 0 Å². The van der Waals surface area contributed by atoms with Gasteiger partial charge in [0.25, 0.3) is 5.91 Å². The van der Waals surface area contributed by atoms with Gasteiger partial charge in [-0.3, -0.25) is 4.79 Å². The fourth-order valence-electron chi connectivity index (χ4n) is 2.39. The van der Waals surface area contributed by atoms with Crippen LogP contribution in [0.3, 0.4) is 0 Å². The lowest BCUT2D eigenvalue weighted by Crippen LogP contribution is -2.30. The standard InChI is InChI=1S/C13H14N2O3/c1-9-8-12(18-14-9)13(16)15-6-2-4-10(15)11-5-3-7-17-11/h3,5,7-8,10H,2,4,6H2,1H3/t10-/m1/s1. The quantitative estimate of drug-likeness (QED) is 0.817. The zero-order valence-corrected chi connectivity index (χ0v) is 10.1. The van der Waals surface area contributed by atoms with Gasteiger partial charge in [0.2, 0.25) is 5.76 Å². The monoisotopic (exact) mass is 246 g/mol. The summed E-state index contributed by atoms with van der Waals surface area (Å²) >= 11 is 0. The van der Waals surface area contributed by atoms with Gasteiger partial charge in [0.1, 0.15) is 5.76 Å². The molecule has 2 aromatic heterocycles. The van der Waals surface area contributed by atoms with Crippen LogP contribution in [0.15, 0.2) is 33.4 Å². The summed E-state index contributed by atoms with van der Waals surface area (Å²) in [6.07, 6.45) is 3.53. The van der Waals surface area contributed by atoms with Crippen LogP contribution in [0, 0.1) is 6.92 Å². The molecule has 2 aromatic rings. The summed E-state index contributed by atoms with van der Waals surface area (Å²) in [6, 6.07) is 5.43. The number of aryl methyl sites for hydroxylation is 1. The van der Waals surface area contributed by atoms with Crippen molar-refractivity contribution in [3.05, 3.63) is 41.7 Å². The molecule has 1 atom stereocenters. The minimum absolute atomic E-state index is 0.0120. The molecule has 0 N–H and O–H groups in total. The van der Waals surface area contributed by atoms with Gasteiger partial charge in [-0.2, -0.15) is 0 Å². The van der Waals surface area contributed by atoms with Gasteiger partial charge in [0.15, 0.2) is 0 Å². The third-order valence-corrected chi connectivity index (χ3v) is 3.22. The molecule has 0 aromatic carbocycles. The average Bonchev–Trinajstić information content (AvgIpc) is 3.08. The van der Waals surface area contributed by atoms with Gasteiger partial charge in [0.05, 0.1) is 18.0 Å². The molecule has 3 rings (SSSR count). The molecule has 1 saturated heterocycles. The van der Waals surface area contributed by atoms with Crippen molar-refractivity contribution in [1.29, 1.82) is 0 Å². The molecule has 0 aliphatic carbocycles. The SMILES string of the molecule is Cc1cc(C(=O)N2CCC[C@@H]2c2ccco2)on1.